The highest BCUT2D eigenvalue weighted by Gasteiger charge is 2.32. The lowest BCUT2D eigenvalue weighted by Gasteiger charge is -2.08. The van der Waals surface area contributed by atoms with Crippen LogP contribution in [0.15, 0.2) is 51.5 Å². The van der Waals surface area contributed by atoms with Crippen molar-refractivity contribution in [1.29, 1.82) is 0 Å². The van der Waals surface area contributed by atoms with Crippen LogP contribution in [-0.4, -0.2) is 23.1 Å². The maximum absolute atomic E-state index is 11.5. The largest absolute Gasteiger partial charge is 0.487 e. The second-order valence-electron chi connectivity index (χ2n) is 6.02. The number of alkyl carbamates (subject to hydrolysis) is 1. The summed E-state index contributed by atoms with van der Waals surface area (Å²) in [6.45, 7) is 2.06. The van der Waals surface area contributed by atoms with E-state index in [1.54, 1.807) is 30.5 Å². The zero-order valence-corrected chi connectivity index (χ0v) is 14.4. The van der Waals surface area contributed by atoms with Crippen molar-refractivity contribution in [3.8, 4) is 17.4 Å². The Balaban J connectivity index is 1.36. The quantitative estimate of drug-likeness (QED) is 0.713. The van der Waals surface area contributed by atoms with Crippen molar-refractivity contribution in [2.75, 3.05) is 0 Å². The van der Waals surface area contributed by atoms with E-state index in [1.807, 2.05) is 19.1 Å². The first-order chi connectivity index (χ1) is 13.1. The number of benzene rings is 1. The van der Waals surface area contributed by atoms with Gasteiger partial charge in [0.05, 0.1) is 6.26 Å². The van der Waals surface area contributed by atoms with E-state index in [0.29, 0.717) is 35.3 Å². The molecule has 8 nitrogen and oxygen atoms in total. The standard InChI is InChI=1S/C19H16N2O6/c1-11-14(20-18(26-11)15-3-2-8-24-15)10-25-13-6-4-12(5-7-13)9-16-17(22)21-19(23)27-16/h2-8,16H,9-10H2,1H3,(H,21,22,23). The van der Waals surface area contributed by atoms with Gasteiger partial charge in [-0.3, -0.25) is 10.1 Å². The van der Waals surface area contributed by atoms with Gasteiger partial charge in [-0.25, -0.2) is 9.78 Å². The van der Waals surface area contributed by atoms with Gasteiger partial charge in [0, 0.05) is 6.42 Å². The molecule has 4 rings (SSSR count). The zero-order chi connectivity index (χ0) is 18.8. The van der Waals surface area contributed by atoms with E-state index in [-0.39, 0.29) is 6.61 Å². The molecule has 3 heterocycles. The molecule has 1 saturated heterocycles. The summed E-state index contributed by atoms with van der Waals surface area (Å²) in [7, 11) is 0. The number of carbonyl (C=O) groups excluding carboxylic acids is 2. The van der Waals surface area contributed by atoms with Crippen LogP contribution in [-0.2, 0) is 22.6 Å². The molecule has 3 aromatic rings. The van der Waals surface area contributed by atoms with Crippen LogP contribution < -0.4 is 10.1 Å². The second kappa shape index (κ2) is 6.99. The van der Waals surface area contributed by atoms with Crippen LogP contribution in [0.2, 0.25) is 0 Å². The highest BCUT2D eigenvalue weighted by Crippen LogP contribution is 2.23. The fourth-order valence-electron chi connectivity index (χ4n) is 2.68. The van der Waals surface area contributed by atoms with Gasteiger partial charge < -0.3 is 18.3 Å². The highest BCUT2D eigenvalue weighted by molar-refractivity contribution is 6.00. The van der Waals surface area contributed by atoms with Crippen LogP contribution in [0.5, 0.6) is 5.75 Å². The number of aryl methyl sites for hydroxylation is 1. The van der Waals surface area contributed by atoms with Gasteiger partial charge in [-0.1, -0.05) is 12.1 Å². The van der Waals surface area contributed by atoms with Crippen LogP contribution in [0.25, 0.3) is 11.7 Å². The molecule has 1 fully saturated rings. The van der Waals surface area contributed by atoms with Gasteiger partial charge in [0.2, 0.25) is 0 Å². The Kier molecular flexibility index (Phi) is 4.37. The van der Waals surface area contributed by atoms with E-state index >= 15 is 0 Å². The molecule has 0 saturated carbocycles. The fourth-order valence-corrected chi connectivity index (χ4v) is 2.68. The van der Waals surface area contributed by atoms with Crippen LogP contribution in [0, 0.1) is 6.92 Å². The van der Waals surface area contributed by atoms with Crippen molar-refractivity contribution < 1.29 is 27.9 Å². The summed E-state index contributed by atoms with van der Waals surface area (Å²) in [5.41, 5.74) is 1.54. The molecule has 2 amide bonds. The van der Waals surface area contributed by atoms with Gasteiger partial charge in [-0.15, -0.1) is 0 Å². The Labute approximate surface area is 154 Å². The summed E-state index contributed by atoms with van der Waals surface area (Å²) in [5, 5.41) is 2.11. The number of nitrogens with zero attached hydrogens (tertiary/aromatic N) is 1. The van der Waals surface area contributed by atoms with Crippen molar-refractivity contribution in [3.63, 3.8) is 0 Å². The minimum atomic E-state index is -0.790. The monoisotopic (exact) mass is 368 g/mol. The lowest BCUT2D eigenvalue weighted by atomic mass is 10.1. The normalized spacial score (nSPS) is 16.3. The first-order valence-electron chi connectivity index (χ1n) is 8.32. The van der Waals surface area contributed by atoms with Crippen LogP contribution in [0.3, 0.4) is 0 Å². The Morgan fingerprint density at radius 1 is 1.19 bits per heavy atom. The van der Waals surface area contributed by atoms with Gasteiger partial charge in [0.1, 0.15) is 23.8 Å². The molecule has 0 radical (unpaired) electrons. The number of carbonyl (C=O) groups is 2. The smallest absolute Gasteiger partial charge is 0.414 e. The number of hydrogen-bond donors (Lipinski definition) is 1. The predicted octanol–water partition coefficient (Wildman–Crippen LogP) is 3.00. The average molecular weight is 368 g/mol. The summed E-state index contributed by atoms with van der Waals surface area (Å²) in [6.07, 6.45) is 0.374. The number of nitrogens with one attached hydrogen (secondary N) is 1. The number of cyclic esters (lactones) is 1. The molecule has 0 bridgehead atoms. The number of hydrogen-bond acceptors (Lipinski definition) is 7. The number of rotatable bonds is 6. The topological polar surface area (TPSA) is 104 Å². The Hall–Kier alpha value is -3.55. The zero-order valence-electron chi connectivity index (χ0n) is 14.4. The van der Waals surface area contributed by atoms with Crippen molar-refractivity contribution in [2.24, 2.45) is 0 Å². The van der Waals surface area contributed by atoms with E-state index in [9.17, 15) is 9.59 Å². The first kappa shape index (κ1) is 16.9. The van der Waals surface area contributed by atoms with Gasteiger partial charge in [-0.2, -0.15) is 0 Å². The molecule has 2 aromatic heterocycles. The number of oxazole rings is 1. The Bertz CT molecular complexity index is 959. The fraction of sp³-hybridized carbons (Fsp3) is 0.211. The van der Waals surface area contributed by atoms with Gasteiger partial charge in [-0.05, 0) is 36.8 Å². The van der Waals surface area contributed by atoms with E-state index in [0.717, 1.165) is 5.56 Å². The molecule has 1 aliphatic heterocycles. The summed E-state index contributed by atoms with van der Waals surface area (Å²) >= 11 is 0. The molecule has 1 aliphatic rings. The van der Waals surface area contributed by atoms with Crippen molar-refractivity contribution >= 4 is 12.0 Å². The predicted molar refractivity (Wildman–Crippen MR) is 91.8 cm³/mol. The Morgan fingerprint density at radius 2 is 2.00 bits per heavy atom. The second-order valence-corrected chi connectivity index (χ2v) is 6.02. The van der Waals surface area contributed by atoms with Crippen molar-refractivity contribution in [2.45, 2.75) is 26.1 Å². The third kappa shape index (κ3) is 3.69. The maximum atomic E-state index is 11.5. The molecule has 27 heavy (non-hydrogen) atoms. The van der Waals surface area contributed by atoms with Crippen LogP contribution in [0.1, 0.15) is 17.0 Å². The number of imide groups is 1. The molecular formula is C19H16N2O6. The van der Waals surface area contributed by atoms with E-state index in [1.165, 1.54) is 0 Å². The molecule has 8 heteroatoms. The molecule has 1 N–H and O–H groups in total. The summed E-state index contributed by atoms with van der Waals surface area (Å²) in [4.78, 5) is 27.0. The number of ether oxygens (including phenoxy) is 2. The molecule has 0 aliphatic carbocycles. The lowest BCUT2D eigenvalue weighted by molar-refractivity contribution is -0.123. The van der Waals surface area contributed by atoms with Crippen molar-refractivity contribution in [1.82, 2.24) is 10.3 Å². The third-order valence-corrected chi connectivity index (χ3v) is 4.11. The Morgan fingerprint density at radius 3 is 2.67 bits per heavy atom. The third-order valence-electron chi connectivity index (χ3n) is 4.11. The maximum Gasteiger partial charge on any atom is 0.414 e. The van der Waals surface area contributed by atoms with Gasteiger partial charge in [0.15, 0.2) is 11.9 Å². The summed E-state index contributed by atoms with van der Waals surface area (Å²) < 4.78 is 21.5. The number of aromatic nitrogens is 1. The molecular weight excluding hydrogens is 352 g/mol. The molecule has 1 unspecified atom stereocenters. The van der Waals surface area contributed by atoms with Crippen molar-refractivity contribution in [3.05, 3.63) is 59.7 Å². The van der Waals surface area contributed by atoms with Crippen LogP contribution in [0.4, 0.5) is 4.79 Å². The molecule has 0 spiro atoms. The average Bonchev–Trinajstić information content (AvgIpc) is 3.36. The highest BCUT2D eigenvalue weighted by atomic mass is 16.6. The minimum absolute atomic E-state index is 0.248. The lowest BCUT2D eigenvalue weighted by Crippen LogP contribution is -2.25. The number of furan rings is 1. The first-order valence-corrected chi connectivity index (χ1v) is 8.32. The number of amides is 2. The van der Waals surface area contributed by atoms with Crippen LogP contribution >= 0.6 is 0 Å². The van der Waals surface area contributed by atoms with E-state index < -0.39 is 18.1 Å². The molecule has 1 atom stereocenters. The van der Waals surface area contributed by atoms with E-state index in [4.69, 9.17) is 18.3 Å². The molecule has 138 valence electrons. The van der Waals surface area contributed by atoms with Gasteiger partial charge >= 0.3 is 6.09 Å². The SMILES string of the molecule is Cc1oc(-c2ccco2)nc1COc1ccc(CC2OC(=O)NC2=O)cc1. The minimum Gasteiger partial charge on any atom is -0.487 e. The summed E-state index contributed by atoms with van der Waals surface area (Å²) in [5.74, 6) is 1.86. The summed E-state index contributed by atoms with van der Waals surface area (Å²) in [6, 6.07) is 10.7. The molecule has 1 aromatic carbocycles. The van der Waals surface area contributed by atoms with E-state index in [2.05, 4.69) is 10.3 Å². The van der Waals surface area contributed by atoms with Gasteiger partial charge in [0.25, 0.3) is 11.8 Å².